The number of rotatable bonds is 3. The lowest BCUT2D eigenvalue weighted by Gasteiger charge is -2.03. The molecule has 1 amide bonds. The van der Waals surface area contributed by atoms with Crippen LogP contribution in [-0.4, -0.2) is 10.9 Å². The van der Waals surface area contributed by atoms with E-state index in [-0.39, 0.29) is 12.5 Å². The van der Waals surface area contributed by atoms with Crippen molar-refractivity contribution >= 4 is 33.2 Å². The van der Waals surface area contributed by atoms with E-state index in [0.29, 0.717) is 0 Å². The molecule has 0 saturated carbocycles. The van der Waals surface area contributed by atoms with Gasteiger partial charge in [-0.1, -0.05) is 0 Å². The third kappa shape index (κ3) is 2.54. The van der Waals surface area contributed by atoms with Crippen LogP contribution in [0.4, 0.5) is 0 Å². The molecule has 4 N–H and O–H groups in total. The third-order valence-electron chi connectivity index (χ3n) is 1.28. The van der Waals surface area contributed by atoms with Gasteiger partial charge in [-0.25, -0.2) is 4.98 Å². The number of nitrogens with zero attached hydrogens (tertiary/aromatic N) is 1. The average Bonchev–Trinajstić information content (AvgIpc) is 2.34. The van der Waals surface area contributed by atoms with Gasteiger partial charge in [0.15, 0.2) is 3.92 Å². The summed E-state index contributed by atoms with van der Waals surface area (Å²) in [7, 11) is 0. The molecule has 1 heterocycles. The van der Waals surface area contributed by atoms with Gasteiger partial charge < -0.3 is 11.5 Å². The van der Waals surface area contributed by atoms with Crippen LogP contribution in [0.5, 0.6) is 0 Å². The summed E-state index contributed by atoms with van der Waals surface area (Å²) in [6.45, 7) is 0. The Bertz CT molecular complexity index is 288. The first-order valence-corrected chi connectivity index (χ1v) is 4.85. The van der Waals surface area contributed by atoms with Crippen LogP contribution in [0.25, 0.3) is 0 Å². The van der Waals surface area contributed by atoms with Crippen LogP contribution >= 0.6 is 27.3 Å². The monoisotopic (exact) mass is 249 g/mol. The molecule has 66 valence electrons. The normalized spacial score (nSPS) is 12.8. The fourth-order valence-electron chi connectivity index (χ4n) is 0.753. The van der Waals surface area contributed by atoms with Crippen molar-refractivity contribution < 1.29 is 4.79 Å². The van der Waals surface area contributed by atoms with Crippen LogP contribution in [0.2, 0.25) is 0 Å². The second-order valence-electron chi connectivity index (χ2n) is 2.29. The summed E-state index contributed by atoms with van der Waals surface area (Å²) in [6, 6.07) is -0.328. The Kier molecular flexibility index (Phi) is 3.19. The van der Waals surface area contributed by atoms with Gasteiger partial charge in [-0.2, -0.15) is 0 Å². The smallest absolute Gasteiger partial charge is 0.219 e. The standard InChI is InChI=1S/C6H8BrN3OS/c7-6-10-2-4(12-6)3(8)1-5(9)11/h2-3H,1,8H2,(H2,9,11). The number of hydrogen-bond donors (Lipinski definition) is 2. The topological polar surface area (TPSA) is 82.0 Å². The van der Waals surface area contributed by atoms with Crippen LogP contribution < -0.4 is 11.5 Å². The van der Waals surface area contributed by atoms with Gasteiger partial charge in [-0.05, 0) is 15.9 Å². The number of halogens is 1. The summed E-state index contributed by atoms with van der Waals surface area (Å²) >= 11 is 4.61. The predicted molar refractivity (Wildman–Crippen MR) is 50.6 cm³/mol. The minimum absolute atomic E-state index is 0.161. The summed E-state index contributed by atoms with van der Waals surface area (Å²) in [4.78, 5) is 15.3. The first-order chi connectivity index (χ1) is 5.59. The Morgan fingerprint density at radius 2 is 2.50 bits per heavy atom. The number of amides is 1. The van der Waals surface area contributed by atoms with Crippen molar-refractivity contribution in [3.63, 3.8) is 0 Å². The minimum Gasteiger partial charge on any atom is -0.370 e. The van der Waals surface area contributed by atoms with Crippen molar-refractivity contribution in [2.45, 2.75) is 12.5 Å². The minimum atomic E-state index is -0.396. The van der Waals surface area contributed by atoms with E-state index in [2.05, 4.69) is 20.9 Å². The van der Waals surface area contributed by atoms with Gasteiger partial charge in [0.25, 0.3) is 0 Å². The second kappa shape index (κ2) is 3.97. The lowest BCUT2D eigenvalue weighted by molar-refractivity contribution is -0.118. The Hall–Kier alpha value is -0.460. The molecule has 0 radical (unpaired) electrons. The molecule has 0 spiro atoms. The van der Waals surface area contributed by atoms with Crippen molar-refractivity contribution in [1.82, 2.24) is 4.98 Å². The van der Waals surface area contributed by atoms with Gasteiger partial charge in [0.1, 0.15) is 0 Å². The van der Waals surface area contributed by atoms with Gasteiger partial charge in [0.2, 0.25) is 5.91 Å². The maximum absolute atomic E-state index is 10.5. The zero-order valence-electron chi connectivity index (χ0n) is 6.16. The van der Waals surface area contributed by atoms with E-state index in [4.69, 9.17) is 11.5 Å². The largest absolute Gasteiger partial charge is 0.370 e. The predicted octanol–water partition coefficient (Wildman–Crippen LogP) is 0.781. The number of aromatic nitrogens is 1. The Morgan fingerprint density at radius 3 is 2.92 bits per heavy atom. The Morgan fingerprint density at radius 1 is 1.83 bits per heavy atom. The van der Waals surface area contributed by atoms with E-state index in [9.17, 15) is 4.79 Å². The molecule has 0 aliphatic rings. The summed E-state index contributed by atoms with van der Waals surface area (Å²) < 4.78 is 0.762. The molecular weight excluding hydrogens is 242 g/mol. The zero-order valence-corrected chi connectivity index (χ0v) is 8.56. The molecule has 0 aliphatic heterocycles. The maximum Gasteiger partial charge on any atom is 0.219 e. The summed E-state index contributed by atoms with van der Waals surface area (Å²) in [5.74, 6) is -0.396. The quantitative estimate of drug-likeness (QED) is 0.831. The molecule has 1 atom stereocenters. The first kappa shape index (κ1) is 9.63. The van der Waals surface area contributed by atoms with Gasteiger partial charge >= 0.3 is 0 Å². The highest BCUT2D eigenvalue weighted by molar-refractivity contribution is 9.11. The Labute approximate surface area is 82.1 Å². The number of thiazole rings is 1. The van der Waals surface area contributed by atoms with Gasteiger partial charge in [-0.15, -0.1) is 11.3 Å². The number of hydrogen-bond acceptors (Lipinski definition) is 4. The van der Waals surface area contributed by atoms with E-state index in [1.807, 2.05) is 0 Å². The summed E-state index contributed by atoms with van der Waals surface area (Å²) in [6.07, 6.45) is 1.80. The van der Waals surface area contributed by atoms with Crippen molar-refractivity contribution in [3.8, 4) is 0 Å². The van der Waals surface area contributed by atoms with Crippen LogP contribution in [-0.2, 0) is 4.79 Å². The number of carbonyl (C=O) groups excluding carboxylic acids is 1. The van der Waals surface area contributed by atoms with Crippen LogP contribution in [0, 0.1) is 0 Å². The molecule has 1 rings (SSSR count). The molecule has 6 heteroatoms. The van der Waals surface area contributed by atoms with Crippen molar-refractivity contribution in [3.05, 3.63) is 15.0 Å². The van der Waals surface area contributed by atoms with Crippen molar-refractivity contribution in [1.29, 1.82) is 0 Å². The molecule has 4 nitrogen and oxygen atoms in total. The summed E-state index contributed by atoms with van der Waals surface area (Å²) in [5, 5.41) is 0. The molecule has 0 aliphatic carbocycles. The summed E-state index contributed by atoms with van der Waals surface area (Å²) in [5.41, 5.74) is 10.6. The molecule has 1 aromatic rings. The van der Waals surface area contributed by atoms with Crippen molar-refractivity contribution in [2.75, 3.05) is 0 Å². The lowest BCUT2D eigenvalue weighted by atomic mass is 10.2. The number of primary amides is 1. The highest BCUT2D eigenvalue weighted by Crippen LogP contribution is 2.24. The molecule has 0 aromatic carbocycles. The van der Waals surface area contributed by atoms with E-state index in [0.717, 1.165) is 8.79 Å². The van der Waals surface area contributed by atoms with E-state index < -0.39 is 5.91 Å². The fourth-order valence-corrected chi connectivity index (χ4v) is 2.06. The lowest BCUT2D eigenvalue weighted by Crippen LogP contribution is -2.19. The van der Waals surface area contributed by atoms with Crippen LogP contribution in [0.15, 0.2) is 10.1 Å². The van der Waals surface area contributed by atoms with Gasteiger partial charge in [0, 0.05) is 23.5 Å². The van der Waals surface area contributed by atoms with Crippen LogP contribution in [0.3, 0.4) is 0 Å². The fraction of sp³-hybridized carbons (Fsp3) is 0.333. The first-order valence-electron chi connectivity index (χ1n) is 3.24. The van der Waals surface area contributed by atoms with Gasteiger partial charge in [0.05, 0.1) is 0 Å². The highest BCUT2D eigenvalue weighted by Gasteiger charge is 2.11. The molecule has 0 bridgehead atoms. The zero-order chi connectivity index (χ0) is 9.14. The Balaban J connectivity index is 2.64. The third-order valence-corrected chi connectivity index (χ3v) is 2.89. The van der Waals surface area contributed by atoms with Gasteiger partial charge in [-0.3, -0.25) is 4.79 Å². The number of carbonyl (C=O) groups is 1. The van der Waals surface area contributed by atoms with E-state index in [1.54, 1.807) is 6.20 Å². The molecule has 12 heavy (non-hydrogen) atoms. The molecule has 1 aromatic heterocycles. The molecule has 0 fully saturated rings. The SMILES string of the molecule is NC(=O)CC(N)c1cnc(Br)s1. The molecule has 1 unspecified atom stereocenters. The molecule has 0 saturated heterocycles. The van der Waals surface area contributed by atoms with Crippen LogP contribution in [0.1, 0.15) is 17.3 Å². The maximum atomic E-state index is 10.5. The highest BCUT2D eigenvalue weighted by atomic mass is 79.9. The van der Waals surface area contributed by atoms with Crippen molar-refractivity contribution in [2.24, 2.45) is 11.5 Å². The molecular formula is C6H8BrN3OS. The number of nitrogens with two attached hydrogens (primary N) is 2. The second-order valence-corrected chi connectivity index (χ2v) is 4.63. The van der Waals surface area contributed by atoms with E-state index in [1.165, 1.54) is 11.3 Å². The van der Waals surface area contributed by atoms with E-state index >= 15 is 0 Å². The average molecular weight is 250 g/mol.